The smallest absolute Gasteiger partial charge is 0.337 e. The zero-order chi connectivity index (χ0) is 15.2. The van der Waals surface area contributed by atoms with E-state index in [4.69, 9.17) is 9.47 Å². The Kier molecular flexibility index (Phi) is 4.82. The lowest BCUT2D eigenvalue weighted by Crippen LogP contribution is -2.04. The second kappa shape index (κ2) is 6.79. The summed E-state index contributed by atoms with van der Waals surface area (Å²) < 4.78 is 9.96. The molecule has 0 fully saturated rings. The van der Waals surface area contributed by atoms with Crippen LogP contribution in [0.2, 0.25) is 0 Å². The molecule has 0 aromatic heterocycles. The fourth-order valence-corrected chi connectivity index (χ4v) is 2.13. The van der Waals surface area contributed by atoms with Gasteiger partial charge >= 0.3 is 5.97 Å². The van der Waals surface area contributed by atoms with Crippen LogP contribution in [-0.2, 0) is 11.3 Å². The van der Waals surface area contributed by atoms with Gasteiger partial charge in [-0.3, -0.25) is 0 Å². The van der Waals surface area contributed by atoms with Gasteiger partial charge in [-0.15, -0.1) is 0 Å². The van der Waals surface area contributed by atoms with Crippen LogP contribution in [0.25, 0.3) is 0 Å². The highest BCUT2D eigenvalue weighted by Crippen LogP contribution is 2.19. The van der Waals surface area contributed by atoms with E-state index >= 15 is 0 Å². The van der Waals surface area contributed by atoms with Crippen LogP contribution in [-0.4, -0.2) is 20.2 Å². The van der Waals surface area contributed by atoms with Crippen molar-refractivity contribution in [3.8, 4) is 5.75 Å². The first-order valence-corrected chi connectivity index (χ1v) is 6.70. The Morgan fingerprint density at radius 3 is 2.62 bits per heavy atom. The SMILES string of the molecule is COC(=O)c1cccc(NCc2ccc(OC)c(C)c2)c1. The van der Waals surface area contributed by atoms with Crippen LogP contribution in [0, 0.1) is 6.92 Å². The molecule has 4 nitrogen and oxygen atoms in total. The standard InChI is InChI=1S/C17H19NO3/c1-12-9-13(7-8-16(12)20-2)11-18-15-6-4-5-14(10-15)17(19)21-3/h4-10,18H,11H2,1-3H3. The zero-order valence-corrected chi connectivity index (χ0v) is 12.5. The van der Waals surface area contributed by atoms with Crippen molar-refractivity contribution in [1.82, 2.24) is 0 Å². The Morgan fingerprint density at radius 2 is 1.95 bits per heavy atom. The Balaban J connectivity index is 2.06. The van der Waals surface area contributed by atoms with Crippen LogP contribution in [0.15, 0.2) is 42.5 Å². The number of ether oxygens (including phenoxy) is 2. The van der Waals surface area contributed by atoms with Crippen LogP contribution in [0.1, 0.15) is 21.5 Å². The van der Waals surface area contributed by atoms with Crippen molar-refractivity contribution in [3.05, 3.63) is 59.2 Å². The van der Waals surface area contributed by atoms with Crippen LogP contribution in [0.4, 0.5) is 5.69 Å². The fourth-order valence-electron chi connectivity index (χ4n) is 2.13. The Morgan fingerprint density at radius 1 is 1.14 bits per heavy atom. The number of carbonyl (C=O) groups is 1. The third kappa shape index (κ3) is 3.75. The maximum Gasteiger partial charge on any atom is 0.337 e. The van der Waals surface area contributed by atoms with Gasteiger partial charge in [-0.2, -0.15) is 0 Å². The summed E-state index contributed by atoms with van der Waals surface area (Å²) in [5.74, 6) is 0.547. The summed E-state index contributed by atoms with van der Waals surface area (Å²) in [7, 11) is 3.04. The van der Waals surface area contributed by atoms with Crippen molar-refractivity contribution >= 4 is 11.7 Å². The van der Waals surface area contributed by atoms with E-state index in [0.29, 0.717) is 12.1 Å². The molecule has 2 aromatic rings. The molecule has 0 aliphatic carbocycles. The highest BCUT2D eigenvalue weighted by molar-refractivity contribution is 5.90. The van der Waals surface area contributed by atoms with Gasteiger partial charge in [0.2, 0.25) is 0 Å². The summed E-state index contributed by atoms with van der Waals surface area (Å²) in [6.07, 6.45) is 0. The molecule has 0 aliphatic heterocycles. The molecule has 0 saturated heterocycles. The molecule has 0 atom stereocenters. The summed E-state index contributed by atoms with van der Waals surface area (Å²) >= 11 is 0. The molecule has 2 rings (SSSR count). The van der Waals surface area contributed by atoms with Gasteiger partial charge in [0, 0.05) is 12.2 Å². The fraction of sp³-hybridized carbons (Fsp3) is 0.235. The Labute approximate surface area is 124 Å². The molecule has 21 heavy (non-hydrogen) atoms. The number of hydrogen-bond acceptors (Lipinski definition) is 4. The summed E-state index contributed by atoms with van der Waals surface area (Å²) in [5.41, 5.74) is 3.66. The van der Waals surface area contributed by atoms with E-state index in [1.54, 1.807) is 19.2 Å². The largest absolute Gasteiger partial charge is 0.496 e. The Bertz CT molecular complexity index is 638. The van der Waals surface area contributed by atoms with Crippen molar-refractivity contribution in [3.63, 3.8) is 0 Å². The third-order valence-electron chi connectivity index (χ3n) is 3.24. The molecule has 0 saturated carbocycles. The summed E-state index contributed by atoms with van der Waals surface area (Å²) in [6, 6.07) is 13.3. The number of anilines is 1. The maximum atomic E-state index is 11.5. The predicted octanol–water partition coefficient (Wildman–Crippen LogP) is 3.40. The number of nitrogens with one attached hydrogen (secondary N) is 1. The lowest BCUT2D eigenvalue weighted by atomic mass is 10.1. The first-order valence-electron chi connectivity index (χ1n) is 6.70. The molecule has 0 amide bonds. The molecule has 0 aliphatic rings. The second-order valence-electron chi connectivity index (χ2n) is 4.73. The second-order valence-corrected chi connectivity index (χ2v) is 4.73. The van der Waals surface area contributed by atoms with E-state index in [2.05, 4.69) is 11.4 Å². The predicted molar refractivity (Wildman–Crippen MR) is 82.8 cm³/mol. The topological polar surface area (TPSA) is 47.6 Å². The number of benzene rings is 2. The van der Waals surface area contributed by atoms with Gasteiger partial charge in [-0.1, -0.05) is 18.2 Å². The van der Waals surface area contributed by atoms with Crippen molar-refractivity contribution in [1.29, 1.82) is 0 Å². The van der Waals surface area contributed by atoms with Gasteiger partial charge in [0.1, 0.15) is 5.75 Å². The van der Waals surface area contributed by atoms with Gasteiger partial charge in [0.25, 0.3) is 0 Å². The molecule has 2 aromatic carbocycles. The lowest BCUT2D eigenvalue weighted by molar-refractivity contribution is 0.0601. The molecular formula is C17H19NO3. The number of hydrogen-bond donors (Lipinski definition) is 1. The number of rotatable bonds is 5. The van der Waals surface area contributed by atoms with E-state index < -0.39 is 0 Å². The van der Waals surface area contributed by atoms with Crippen LogP contribution in [0.3, 0.4) is 0 Å². The number of carbonyl (C=O) groups excluding carboxylic acids is 1. The average Bonchev–Trinajstić information content (AvgIpc) is 2.52. The summed E-state index contributed by atoms with van der Waals surface area (Å²) in [6.45, 7) is 2.69. The van der Waals surface area contributed by atoms with E-state index in [9.17, 15) is 4.79 Å². The highest BCUT2D eigenvalue weighted by atomic mass is 16.5. The van der Waals surface area contributed by atoms with Crippen LogP contribution < -0.4 is 10.1 Å². The maximum absolute atomic E-state index is 11.5. The van der Waals surface area contributed by atoms with E-state index in [1.807, 2.05) is 31.2 Å². The van der Waals surface area contributed by atoms with E-state index in [1.165, 1.54) is 7.11 Å². The van der Waals surface area contributed by atoms with E-state index in [0.717, 1.165) is 22.6 Å². The number of esters is 1. The number of aryl methyl sites for hydroxylation is 1. The summed E-state index contributed by atoms with van der Waals surface area (Å²) in [4.78, 5) is 11.5. The molecule has 0 spiro atoms. The molecule has 0 radical (unpaired) electrons. The molecular weight excluding hydrogens is 266 g/mol. The van der Waals surface area contributed by atoms with Gasteiger partial charge in [-0.05, 0) is 42.3 Å². The molecule has 110 valence electrons. The lowest BCUT2D eigenvalue weighted by Gasteiger charge is -2.10. The minimum Gasteiger partial charge on any atom is -0.496 e. The van der Waals surface area contributed by atoms with Crippen molar-refractivity contribution in [2.75, 3.05) is 19.5 Å². The molecule has 4 heteroatoms. The highest BCUT2D eigenvalue weighted by Gasteiger charge is 2.05. The molecule has 0 bridgehead atoms. The normalized spacial score (nSPS) is 10.0. The first kappa shape index (κ1) is 14.9. The van der Waals surface area contributed by atoms with Crippen molar-refractivity contribution < 1.29 is 14.3 Å². The van der Waals surface area contributed by atoms with Gasteiger partial charge < -0.3 is 14.8 Å². The van der Waals surface area contributed by atoms with Crippen LogP contribution in [0.5, 0.6) is 5.75 Å². The monoisotopic (exact) mass is 285 g/mol. The first-order chi connectivity index (χ1) is 10.1. The molecule has 0 heterocycles. The van der Waals surface area contributed by atoms with Crippen molar-refractivity contribution in [2.24, 2.45) is 0 Å². The third-order valence-corrected chi connectivity index (χ3v) is 3.24. The van der Waals surface area contributed by atoms with Gasteiger partial charge in [-0.25, -0.2) is 4.79 Å². The zero-order valence-electron chi connectivity index (χ0n) is 12.5. The van der Waals surface area contributed by atoms with Crippen LogP contribution >= 0.6 is 0 Å². The van der Waals surface area contributed by atoms with Gasteiger partial charge in [0.05, 0.1) is 19.8 Å². The molecule has 0 unspecified atom stereocenters. The Hall–Kier alpha value is -2.49. The van der Waals surface area contributed by atoms with E-state index in [-0.39, 0.29) is 5.97 Å². The minimum atomic E-state index is -0.334. The minimum absolute atomic E-state index is 0.334. The quantitative estimate of drug-likeness (QED) is 0.855. The summed E-state index contributed by atoms with van der Waals surface area (Å²) in [5, 5.41) is 3.30. The van der Waals surface area contributed by atoms with Crippen molar-refractivity contribution in [2.45, 2.75) is 13.5 Å². The van der Waals surface area contributed by atoms with Gasteiger partial charge in [0.15, 0.2) is 0 Å². The average molecular weight is 285 g/mol. The number of methoxy groups -OCH3 is 2. The molecule has 1 N–H and O–H groups in total.